The molecule has 0 bridgehead atoms. The van der Waals surface area contributed by atoms with Crippen LogP contribution >= 0.6 is 11.8 Å². The zero-order valence-corrected chi connectivity index (χ0v) is 18.1. The van der Waals surface area contributed by atoms with Gasteiger partial charge in [-0.3, -0.25) is 4.79 Å². The van der Waals surface area contributed by atoms with Crippen LogP contribution in [0.3, 0.4) is 0 Å². The van der Waals surface area contributed by atoms with Gasteiger partial charge in [0.2, 0.25) is 11.1 Å². The van der Waals surface area contributed by atoms with Crippen LogP contribution in [0, 0.1) is 13.8 Å². The van der Waals surface area contributed by atoms with Crippen LogP contribution in [-0.4, -0.2) is 56.9 Å². The fourth-order valence-corrected chi connectivity index (χ4v) is 3.72. The first-order valence-corrected chi connectivity index (χ1v) is 10.3. The molecule has 0 atom stereocenters. The first-order chi connectivity index (χ1) is 13.9. The Morgan fingerprint density at radius 2 is 1.90 bits per heavy atom. The third-order valence-electron chi connectivity index (χ3n) is 4.48. The molecule has 0 aliphatic rings. The van der Waals surface area contributed by atoms with Crippen molar-refractivity contribution in [3.63, 3.8) is 0 Å². The number of hydrogen-bond donors (Lipinski definition) is 0. The van der Waals surface area contributed by atoms with Gasteiger partial charge in [-0.05, 0) is 44.5 Å². The quantitative estimate of drug-likeness (QED) is 0.523. The van der Waals surface area contributed by atoms with Gasteiger partial charge in [-0.2, -0.15) is 4.98 Å². The number of hydrogen-bond acceptors (Lipinski definition) is 7. The largest absolute Gasteiger partial charge is 0.493 e. The molecule has 8 nitrogen and oxygen atoms in total. The van der Waals surface area contributed by atoms with Crippen molar-refractivity contribution in [2.75, 3.05) is 26.5 Å². The van der Waals surface area contributed by atoms with Gasteiger partial charge in [0.25, 0.3) is 5.78 Å². The summed E-state index contributed by atoms with van der Waals surface area (Å²) in [5.74, 6) is 2.14. The molecule has 1 aromatic carbocycles. The number of methoxy groups -OCH3 is 2. The van der Waals surface area contributed by atoms with Crippen molar-refractivity contribution in [3.05, 3.63) is 41.2 Å². The highest BCUT2D eigenvalue weighted by molar-refractivity contribution is 7.99. The molecule has 0 fully saturated rings. The second-order valence-electron chi connectivity index (χ2n) is 6.53. The molecule has 0 unspecified atom stereocenters. The van der Waals surface area contributed by atoms with Crippen molar-refractivity contribution >= 4 is 23.4 Å². The third-order valence-corrected chi connectivity index (χ3v) is 5.30. The van der Waals surface area contributed by atoms with Crippen LogP contribution in [0.2, 0.25) is 0 Å². The summed E-state index contributed by atoms with van der Waals surface area (Å²) < 4.78 is 12.3. The lowest BCUT2D eigenvalue weighted by atomic mass is 10.2. The molecule has 1 amide bonds. The average molecular weight is 416 g/mol. The summed E-state index contributed by atoms with van der Waals surface area (Å²) in [6, 6.07) is 7.62. The number of carbonyl (C=O) groups is 1. The second-order valence-corrected chi connectivity index (χ2v) is 7.47. The first-order valence-electron chi connectivity index (χ1n) is 9.27. The van der Waals surface area contributed by atoms with Gasteiger partial charge in [-0.25, -0.2) is 9.50 Å². The fraction of sp³-hybridized carbons (Fsp3) is 0.400. The number of rotatable bonds is 8. The van der Waals surface area contributed by atoms with Gasteiger partial charge in [-0.15, -0.1) is 5.10 Å². The van der Waals surface area contributed by atoms with Gasteiger partial charge in [-0.1, -0.05) is 17.8 Å². The van der Waals surface area contributed by atoms with E-state index in [0.29, 0.717) is 35.5 Å². The highest BCUT2D eigenvalue weighted by Gasteiger charge is 2.16. The van der Waals surface area contributed by atoms with E-state index in [1.165, 1.54) is 11.8 Å². The fourth-order valence-electron chi connectivity index (χ4n) is 3.00. The summed E-state index contributed by atoms with van der Waals surface area (Å²) in [5.41, 5.74) is 2.83. The van der Waals surface area contributed by atoms with E-state index >= 15 is 0 Å². The second kappa shape index (κ2) is 9.13. The minimum absolute atomic E-state index is 0.0204. The number of aromatic nitrogens is 4. The first kappa shape index (κ1) is 20.9. The Bertz CT molecular complexity index is 1020. The van der Waals surface area contributed by atoms with E-state index in [2.05, 4.69) is 15.1 Å². The highest BCUT2D eigenvalue weighted by Crippen LogP contribution is 2.28. The van der Waals surface area contributed by atoms with E-state index in [-0.39, 0.29) is 11.7 Å². The molecule has 0 radical (unpaired) electrons. The van der Waals surface area contributed by atoms with E-state index in [1.807, 2.05) is 45.0 Å². The smallest absolute Gasteiger partial charge is 0.253 e. The molecule has 2 heterocycles. The Balaban J connectivity index is 1.66. The van der Waals surface area contributed by atoms with Crippen LogP contribution in [0.15, 0.2) is 29.4 Å². The predicted octanol–water partition coefficient (Wildman–Crippen LogP) is 2.90. The normalized spacial score (nSPS) is 10.9. The summed E-state index contributed by atoms with van der Waals surface area (Å²) in [4.78, 5) is 23.3. The van der Waals surface area contributed by atoms with Crippen molar-refractivity contribution in [1.82, 2.24) is 24.5 Å². The van der Waals surface area contributed by atoms with Crippen LogP contribution in [0.5, 0.6) is 11.5 Å². The van der Waals surface area contributed by atoms with Gasteiger partial charge in [0.15, 0.2) is 11.5 Å². The molecule has 3 rings (SSSR count). The van der Waals surface area contributed by atoms with E-state index in [1.54, 1.807) is 23.6 Å². The van der Waals surface area contributed by atoms with Crippen molar-refractivity contribution in [1.29, 1.82) is 0 Å². The molecular weight excluding hydrogens is 390 g/mol. The Morgan fingerprint density at radius 3 is 2.59 bits per heavy atom. The summed E-state index contributed by atoms with van der Waals surface area (Å²) in [7, 11) is 3.20. The summed E-state index contributed by atoms with van der Waals surface area (Å²) in [5, 5.41) is 4.98. The van der Waals surface area contributed by atoms with E-state index in [9.17, 15) is 4.79 Å². The maximum Gasteiger partial charge on any atom is 0.253 e. The standard InChI is InChI=1S/C20H25N5O3S/c1-6-24(11-15-7-8-16(27-4)17(10-15)28-5)18(26)12-29-20-22-19-21-13(2)9-14(3)25(19)23-20/h7-10H,6,11-12H2,1-5H3. The van der Waals surface area contributed by atoms with Gasteiger partial charge in [0.1, 0.15) is 0 Å². The molecule has 0 saturated heterocycles. The Kier molecular flexibility index (Phi) is 6.58. The molecule has 0 N–H and O–H groups in total. The zero-order valence-electron chi connectivity index (χ0n) is 17.3. The van der Waals surface area contributed by atoms with Crippen molar-refractivity contribution in [2.24, 2.45) is 0 Å². The van der Waals surface area contributed by atoms with Gasteiger partial charge < -0.3 is 14.4 Å². The lowest BCUT2D eigenvalue weighted by Crippen LogP contribution is -2.31. The molecule has 29 heavy (non-hydrogen) atoms. The predicted molar refractivity (Wildman–Crippen MR) is 112 cm³/mol. The number of ether oxygens (including phenoxy) is 2. The molecule has 0 saturated carbocycles. The summed E-state index contributed by atoms with van der Waals surface area (Å²) in [6.07, 6.45) is 0. The maximum atomic E-state index is 12.7. The maximum absolute atomic E-state index is 12.7. The molecule has 2 aromatic heterocycles. The Labute approximate surface area is 174 Å². The molecule has 0 aliphatic heterocycles. The lowest BCUT2D eigenvalue weighted by molar-refractivity contribution is -0.128. The van der Waals surface area contributed by atoms with Crippen LogP contribution in [0.25, 0.3) is 5.78 Å². The zero-order chi connectivity index (χ0) is 21.0. The number of aryl methyl sites for hydroxylation is 2. The average Bonchev–Trinajstić information content (AvgIpc) is 3.13. The SMILES string of the molecule is CCN(Cc1ccc(OC)c(OC)c1)C(=O)CSc1nc2nc(C)cc(C)n2n1. The molecule has 154 valence electrons. The summed E-state index contributed by atoms with van der Waals surface area (Å²) >= 11 is 1.32. The number of carbonyl (C=O) groups excluding carboxylic acids is 1. The Morgan fingerprint density at radius 1 is 1.14 bits per heavy atom. The number of amides is 1. The number of thioether (sulfide) groups is 1. The van der Waals surface area contributed by atoms with Gasteiger partial charge >= 0.3 is 0 Å². The van der Waals surface area contributed by atoms with Crippen molar-refractivity contribution in [2.45, 2.75) is 32.5 Å². The van der Waals surface area contributed by atoms with Crippen molar-refractivity contribution in [3.8, 4) is 11.5 Å². The monoisotopic (exact) mass is 415 g/mol. The molecule has 0 spiro atoms. The van der Waals surface area contributed by atoms with Crippen LogP contribution in [-0.2, 0) is 11.3 Å². The number of fused-ring (bicyclic) bond motifs is 1. The van der Waals surface area contributed by atoms with Gasteiger partial charge in [0.05, 0.1) is 20.0 Å². The Hall–Kier alpha value is -2.81. The minimum atomic E-state index is 0.0204. The van der Waals surface area contributed by atoms with E-state index < -0.39 is 0 Å². The van der Waals surface area contributed by atoms with Gasteiger partial charge in [0, 0.05) is 24.5 Å². The number of benzene rings is 1. The molecule has 0 aliphatic carbocycles. The van der Waals surface area contributed by atoms with Crippen LogP contribution < -0.4 is 9.47 Å². The molecule has 3 aromatic rings. The molecular formula is C20H25N5O3S. The van der Waals surface area contributed by atoms with Crippen molar-refractivity contribution < 1.29 is 14.3 Å². The summed E-state index contributed by atoms with van der Waals surface area (Å²) in [6.45, 7) is 6.94. The van der Waals surface area contributed by atoms with Crippen LogP contribution in [0.1, 0.15) is 23.9 Å². The third kappa shape index (κ3) is 4.79. The lowest BCUT2D eigenvalue weighted by Gasteiger charge is -2.21. The highest BCUT2D eigenvalue weighted by atomic mass is 32.2. The number of nitrogens with zero attached hydrogens (tertiary/aromatic N) is 5. The van der Waals surface area contributed by atoms with E-state index in [0.717, 1.165) is 17.0 Å². The van der Waals surface area contributed by atoms with Crippen LogP contribution in [0.4, 0.5) is 0 Å². The van der Waals surface area contributed by atoms with E-state index in [4.69, 9.17) is 9.47 Å². The molecule has 9 heteroatoms. The topological polar surface area (TPSA) is 81.9 Å². The minimum Gasteiger partial charge on any atom is -0.493 e.